The Labute approximate surface area is 255 Å². The van der Waals surface area contributed by atoms with Crippen LogP contribution < -0.4 is 15.5 Å². The number of nitrogens with zero attached hydrogens (tertiary/aromatic N) is 2. The van der Waals surface area contributed by atoms with E-state index in [-0.39, 0.29) is 46.0 Å². The van der Waals surface area contributed by atoms with Gasteiger partial charge in [0.2, 0.25) is 0 Å². The van der Waals surface area contributed by atoms with Crippen LogP contribution in [0.4, 0.5) is 14.9 Å². The van der Waals surface area contributed by atoms with E-state index in [2.05, 4.69) is 43.3 Å². The Morgan fingerprint density at radius 1 is 0.909 bits per heavy atom. The molecular formula is C35H36FN5O3. The number of piperidine rings is 1. The van der Waals surface area contributed by atoms with Crippen molar-refractivity contribution >= 4 is 34.4 Å². The first kappa shape index (κ1) is 28.3. The number of imide groups is 1. The summed E-state index contributed by atoms with van der Waals surface area (Å²) in [6.07, 6.45) is 1.81. The molecule has 0 radical (unpaired) electrons. The molecule has 2 saturated heterocycles. The number of fused-ring (bicyclic) bond motifs is 4. The number of amides is 4. The lowest BCUT2D eigenvalue weighted by Gasteiger charge is -2.46. The highest BCUT2D eigenvalue weighted by atomic mass is 19.1. The number of carbonyl (C=O) groups excluding carboxylic acids is 3. The summed E-state index contributed by atoms with van der Waals surface area (Å²) in [6, 6.07) is 18.7. The molecule has 2 unspecified atom stereocenters. The molecule has 0 bridgehead atoms. The number of nitrogens with one attached hydrogen (secondary N) is 3. The van der Waals surface area contributed by atoms with Crippen molar-refractivity contribution in [1.82, 2.24) is 20.5 Å². The molecule has 0 aliphatic carbocycles. The van der Waals surface area contributed by atoms with Crippen LogP contribution in [0.25, 0.3) is 10.9 Å². The molecule has 4 amide bonds. The molecule has 9 heteroatoms. The minimum Gasteiger partial charge on any atom is -0.356 e. The lowest BCUT2D eigenvalue weighted by Crippen LogP contribution is -2.62. The third-order valence-corrected chi connectivity index (χ3v) is 9.15. The van der Waals surface area contributed by atoms with Gasteiger partial charge in [-0.2, -0.15) is 0 Å². The van der Waals surface area contributed by atoms with Crippen molar-refractivity contribution in [3.63, 3.8) is 0 Å². The van der Waals surface area contributed by atoms with Gasteiger partial charge in [0.25, 0.3) is 11.8 Å². The monoisotopic (exact) mass is 593 g/mol. The van der Waals surface area contributed by atoms with Gasteiger partial charge in [0, 0.05) is 40.1 Å². The molecule has 0 spiro atoms. The Bertz CT molecular complexity index is 1790. The fraction of sp³-hybridized carbons (Fsp3) is 0.343. The van der Waals surface area contributed by atoms with E-state index in [1.54, 1.807) is 41.3 Å². The van der Waals surface area contributed by atoms with Gasteiger partial charge in [0.1, 0.15) is 17.9 Å². The number of halogens is 1. The highest BCUT2D eigenvalue weighted by Crippen LogP contribution is 2.45. The number of aromatic nitrogens is 1. The highest BCUT2D eigenvalue weighted by Gasteiger charge is 2.53. The Balaban J connectivity index is 1.27. The number of carbonyl (C=O) groups is 3. The van der Waals surface area contributed by atoms with Crippen LogP contribution in [-0.2, 0) is 11.2 Å². The zero-order valence-electron chi connectivity index (χ0n) is 25.3. The van der Waals surface area contributed by atoms with Crippen molar-refractivity contribution in [1.29, 1.82) is 0 Å². The first-order chi connectivity index (χ1) is 20.9. The molecule has 3 N–H and O–H groups in total. The summed E-state index contributed by atoms with van der Waals surface area (Å²) in [5, 5.41) is 7.81. The number of para-hydroxylation sites is 2. The van der Waals surface area contributed by atoms with E-state index >= 15 is 0 Å². The molecule has 8 nitrogen and oxygen atoms in total. The second-order valence-electron chi connectivity index (χ2n) is 13.6. The predicted molar refractivity (Wildman–Crippen MR) is 167 cm³/mol. The lowest BCUT2D eigenvalue weighted by atomic mass is 9.79. The Morgan fingerprint density at radius 2 is 1.57 bits per heavy atom. The van der Waals surface area contributed by atoms with E-state index in [0.717, 1.165) is 39.9 Å². The average Bonchev–Trinajstić information content (AvgIpc) is 3.45. The summed E-state index contributed by atoms with van der Waals surface area (Å²) in [5.74, 6) is -1.10. The van der Waals surface area contributed by atoms with Crippen LogP contribution in [0.2, 0.25) is 0 Å². The lowest BCUT2D eigenvalue weighted by molar-refractivity contribution is -0.120. The minimum atomic E-state index is -0.786. The van der Waals surface area contributed by atoms with Gasteiger partial charge in [-0.25, -0.2) is 14.1 Å². The second kappa shape index (κ2) is 10.0. The number of hydrogen-bond donors (Lipinski definition) is 3. The molecule has 0 saturated carbocycles. The van der Waals surface area contributed by atoms with E-state index in [4.69, 9.17) is 0 Å². The van der Waals surface area contributed by atoms with E-state index in [1.807, 2.05) is 24.3 Å². The summed E-state index contributed by atoms with van der Waals surface area (Å²) >= 11 is 0. The molecule has 2 fully saturated rings. The fourth-order valence-corrected chi connectivity index (χ4v) is 7.84. The van der Waals surface area contributed by atoms with Gasteiger partial charge < -0.3 is 15.6 Å². The van der Waals surface area contributed by atoms with E-state index in [9.17, 15) is 18.8 Å². The summed E-state index contributed by atoms with van der Waals surface area (Å²) in [7, 11) is 0. The molecule has 2 atom stereocenters. The molecule has 7 rings (SSSR count). The smallest absolute Gasteiger partial charge is 0.332 e. The normalized spacial score (nSPS) is 22.7. The van der Waals surface area contributed by atoms with Gasteiger partial charge in [-0.1, -0.05) is 42.5 Å². The molecule has 3 aromatic carbocycles. The van der Waals surface area contributed by atoms with E-state index in [0.29, 0.717) is 12.0 Å². The van der Waals surface area contributed by atoms with Gasteiger partial charge in [0.05, 0.1) is 11.3 Å². The first-order valence-corrected chi connectivity index (χ1v) is 15.1. The maximum atomic E-state index is 14.4. The van der Waals surface area contributed by atoms with Crippen molar-refractivity contribution in [2.45, 2.75) is 76.2 Å². The molecular weight excluding hydrogens is 557 g/mol. The highest BCUT2D eigenvalue weighted by molar-refractivity contribution is 6.24. The van der Waals surface area contributed by atoms with Crippen LogP contribution >= 0.6 is 0 Å². The number of benzene rings is 3. The summed E-state index contributed by atoms with van der Waals surface area (Å²) in [4.78, 5) is 48.6. The number of H-pyrrole nitrogens is 1. The summed E-state index contributed by atoms with van der Waals surface area (Å²) in [5.41, 5.74) is 3.55. The third kappa shape index (κ3) is 4.66. The van der Waals surface area contributed by atoms with Gasteiger partial charge in [0.15, 0.2) is 0 Å². The summed E-state index contributed by atoms with van der Waals surface area (Å²) in [6.45, 7) is 8.48. The zero-order valence-corrected chi connectivity index (χ0v) is 25.3. The molecule has 4 heterocycles. The van der Waals surface area contributed by atoms with Crippen molar-refractivity contribution in [2.24, 2.45) is 0 Å². The number of hydrogen-bond acceptors (Lipinski definition) is 4. The molecule has 226 valence electrons. The predicted octanol–water partition coefficient (Wildman–Crippen LogP) is 5.83. The number of aromatic amines is 1. The van der Waals surface area contributed by atoms with Crippen LogP contribution in [0.15, 0.2) is 72.8 Å². The van der Waals surface area contributed by atoms with Gasteiger partial charge in [-0.05, 0) is 82.0 Å². The molecule has 44 heavy (non-hydrogen) atoms. The number of urea groups is 1. The second-order valence-corrected chi connectivity index (χ2v) is 13.6. The standard InChI is InChI=1S/C35H36FN5O3/c1-34(2)18-22(19-35(3,4)39-34)37-31(42)24-10-6-8-12-27(24)41-32(43)28-17-25-23-9-5-7-11-26(23)38-29(25)30(40(28)33(41)44)20-13-15-21(36)16-14-20/h5-16,22,28,30,38-39H,17-19H2,1-4H3,(H,37,42). The molecule has 1 aromatic heterocycles. The molecule has 4 aromatic rings. The Kier molecular flexibility index (Phi) is 6.44. The minimum absolute atomic E-state index is 0.0840. The van der Waals surface area contributed by atoms with Crippen LogP contribution in [0.1, 0.15) is 73.8 Å². The van der Waals surface area contributed by atoms with Crippen molar-refractivity contribution < 1.29 is 18.8 Å². The van der Waals surface area contributed by atoms with Crippen LogP contribution in [0.3, 0.4) is 0 Å². The average molecular weight is 594 g/mol. The largest absolute Gasteiger partial charge is 0.356 e. The maximum Gasteiger partial charge on any atom is 0.332 e. The van der Waals surface area contributed by atoms with Crippen molar-refractivity contribution in [3.05, 3.63) is 101 Å². The fourth-order valence-electron chi connectivity index (χ4n) is 7.84. The maximum absolute atomic E-state index is 14.4. The van der Waals surface area contributed by atoms with Gasteiger partial charge in [-0.15, -0.1) is 0 Å². The Hall–Kier alpha value is -4.50. The van der Waals surface area contributed by atoms with Crippen LogP contribution in [0.5, 0.6) is 0 Å². The zero-order chi connectivity index (χ0) is 31.0. The quantitative estimate of drug-likeness (QED) is 0.260. The van der Waals surface area contributed by atoms with E-state index in [1.165, 1.54) is 12.1 Å². The van der Waals surface area contributed by atoms with Crippen molar-refractivity contribution in [3.8, 4) is 0 Å². The first-order valence-electron chi connectivity index (χ1n) is 15.1. The van der Waals surface area contributed by atoms with Crippen molar-refractivity contribution in [2.75, 3.05) is 4.90 Å². The number of rotatable bonds is 4. The number of anilines is 1. The Morgan fingerprint density at radius 3 is 2.30 bits per heavy atom. The van der Waals surface area contributed by atoms with Gasteiger partial charge in [-0.3, -0.25) is 14.5 Å². The third-order valence-electron chi connectivity index (χ3n) is 9.15. The van der Waals surface area contributed by atoms with Crippen LogP contribution in [-0.4, -0.2) is 50.9 Å². The molecule has 3 aliphatic rings. The molecule has 3 aliphatic heterocycles. The van der Waals surface area contributed by atoms with Crippen LogP contribution in [0, 0.1) is 5.82 Å². The summed E-state index contributed by atoms with van der Waals surface area (Å²) < 4.78 is 14.0. The SMILES string of the molecule is CC1(C)CC(NC(=O)c2ccccc2N2C(=O)C3Cc4c([nH]c5ccccc45)C(c4ccc(F)cc4)N3C2=O)CC(C)(C)N1. The topological polar surface area (TPSA) is 97.5 Å². The van der Waals surface area contributed by atoms with E-state index < -0.39 is 18.1 Å². The van der Waals surface area contributed by atoms with Gasteiger partial charge >= 0.3 is 6.03 Å².